The number of carbonyl (C=O) groups excluding carboxylic acids is 1. The number of hydrogen-bond acceptors (Lipinski definition) is 2. The van der Waals surface area contributed by atoms with E-state index >= 15 is 0 Å². The second-order valence-electron chi connectivity index (χ2n) is 4.19. The predicted octanol–water partition coefficient (Wildman–Crippen LogP) is 2.37. The van der Waals surface area contributed by atoms with Gasteiger partial charge in [-0.2, -0.15) is 0 Å². The van der Waals surface area contributed by atoms with Crippen LogP contribution < -0.4 is 0 Å². The van der Waals surface area contributed by atoms with Crippen molar-refractivity contribution >= 4 is 5.91 Å². The smallest absolute Gasteiger partial charge is 0.246 e. The first kappa shape index (κ1) is 13.2. The molecule has 0 aromatic heterocycles. The normalized spacial score (nSPS) is 16.9. The van der Waals surface area contributed by atoms with Crippen LogP contribution in [-0.4, -0.2) is 37.1 Å². The molecule has 0 bridgehead atoms. The Balaban J connectivity index is 2.10. The van der Waals surface area contributed by atoms with Gasteiger partial charge in [0.25, 0.3) is 0 Å². The van der Waals surface area contributed by atoms with Crippen LogP contribution in [0, 0.1) is 0 Å². The highest BCUT2D eigenvalue weighted by atomic mass is 16.5. The average molecular weight is 225 g/mol. The second-order valence-corrected chi connectivity index (χ2v) is 4.19. The number of carbonyl (C=O) groups is 1. The van der Waals surface area contributed by atoms with Gasteiger partial charge < -0.3 is 9.64 Å². The molecule has 0 aromatic rings. The second kappa shape index (κ2) is 8.34. The van der Waals surface area contributed by atoms with E-state index in [1.54, 1.807) is 6.08 Å². The lowest BCUT2D eigenvalue weighted by molar-refractivity contribution is -0.129. The summed E-state index contributed by atoms with van der Waals surface area (Å²) in [7, 11) is 0. The minimum absolute atomic E-state index is 0.138. The van der Waals surface area contributed by atoms with Crippen LogP contribution in [0.25, 0.3) is 0 Å². The number of hydrogen-bond donors (Lipinski definition) is 0. The molecule has 1 amide bonds. The number of amides is 1. The third-order valence-corrected chi connectivity index (χ3v) is 2.81. The summed E-state index contributed by atoms with van der Waals surface area (Å²) >= 11 is 0. The van der Waals surface area contributed by atoms with E-state index in [0.29, 0.717) is 13.2 Å². The molecule has 1 aliphatic heterocycles. The molecule has 0 radical (unpaired) electrons. The molecule has 16 heavy (non-hydrogen) atoms. The lowest BCUT2D eigenvalue weighted by Crippen LogP contribution is -2.39. The van der Waals surface area contributed by atoms with Crippen LogP contribution in [0.1, 0.15) is 39.0 Å². The monoisotopic (exact) mass is 225 g/mol. The Morgan fingerprint density at radius 2 is 2.00 bits per heavy atom. The first-order chi connectivity index (χ1) is 7.84. The Morgan fingerprint density at radius 1 is 1.25 bits per heavy atom. The Bertz CT molecular complexity index is 220. The van der Waals surface area contributed by atoms with E-state index in [-0.39, 0.29) is 5.91 Å². The molecule has 0 saturated carbocycles. The van der Waals surface area contributed by atoms with Crippen molar-refractivity contribution < 1.29 is 9.53 Å². The SMILES string of the molecule is CCCCCC/C=C\C(=O)N1CCOCC1. The van der Waals surface area contributed by atoms with Gasteiger partial charge >= 0.3 is 0 Å². The molecule has 1 aliphatic rings. The van der Waals surface area contributed by atoms with Crippen LogP contribution in [0.3, 0.4) is 0 Å². The van der Waals surface area contributed by atoms with Gasteiger partial charge in [-0.1, -0.05) is 32.3 Å². The van der Waals surface area contributed by atoms with Crippen molar-refractivity contribution in [3.8, 4) is 0 Å². The van der Waals surface area contributed by atoms with Crippen molar-refractivity contribution in [2.45, 2.75) is 39.0 Å². The molecule has 0 spiro atoms. The molecule has 0 aliphatic carbocycles. The van der Waals surface area contributed by atoms with Gasteiger partial charge in [0, 0.05) is 13.1 Å². The fourth-order valence-corrected chi connectivity index (χ4v) is 1.76. The molecule has 92 valence electrons. The van der Waals surface area contributed by atoms with Crippen molar-refractivity contribution in [3.05, 3.63) is 12.2 Å². The number of morpholine rings is 1. The summed E-state index contributed by atoms with van der Waals surface area (Å²) in [6, 6.07) is 0. The summed E-state index contributed by atoms with van der Waals surface area (Å²) in [4.78, 5) is 13.5. The Hall–Kier alpha value is -0.830. The largest absolute Gasteiger partial charge is 0.378 e. The molecule has 1 heterocycles. The van der Waals surface area contributed by atoms with Crippen molar-refractivity contribution in [3.63, 3.8) is 0 Å². The highest BCUT2D eigenvalue weighted by Crippen LogP contribution is 2.04. The minimum atomic E-state index is 0.138. The van der Waals surface area contributed by atoms with Crippen molar-refractivity contribution in [1.82, 2.24) is 4.90 Å². The predicted molar refractivity (Wildman–Crippen MR) is 65.3 cm³/mol. The fourth-order valence-electron chi connectivity index (χ4n) is 1.76. The fraction of sp³-hybridized carbons (Fsp3) is 0.769. The van der Waals surface area contributed by atoms with Crippen LogP contribution in [0.15, 0.2) is 12.2 Å². The maximum Gasteiger partial charge on any atom is 0.246 e. The van der Waals surface area contributed by atoms with Crippen LogP contribution >= 0.6 is 0 Å². The van der Waals surface area contributed by atoms with Crippen LogP contribution in [0.4, 0.5) is 0 Å². The van der Waals surface area contributed by atoms with E-state index in [9.17, 15) is 4.79 Å². The maximum atomic E-state index is 11.7. The lowest BCUT2D eigenvalue weighted by Gasteiger charge is -2.25. The molecular formula is C13H23NO2. The maximum absolute atomic E-state index is 11.7. The third kappa shape index (κ3) is 5.31. The zero-order valence-corrected chi connectivity index (χ0v) is 10.3. The van der Waals surface area contributed by atoms with Crippen molar-refractivity contribution in [2.24, 2.45) is 0 Å². The lowest BCUT2D eigenvalue weighted by atomic mass is 10.1. The Morgan fingerprint density at radius 3 is 2.69 bits per heavy atom. The summed E-state index contributed by atoms with van der Waals surface area (Å²) in [6.07, 6.45) is 9.77. The van der Waals surface area contributed by atoms with Crippen LogP contribution in [0.5, 0.6) is 0 Å². The van der Waals surface area contributed by atoms with E-state index in [1.807, 2.05) is 11.0 Å². The number of nitrogens with zero attached hydrogens (tertiary/aromatic N) is 1. The van der Waals surface area contributed by atoms with E-state index in [1.165, 1.54) is 25.7 Å². The molecule has 0 atom stereocenters. The first-order valence-electron chi connectivity index (χ1n) is 6.37. The third-order valence-electron chi connectivity index (χ3n) is 2.81. The number of ether oxygens (including phenoxy) is 1. The summed E-state index contributed by atoms with van der Waals surface area (Å²) < 4.78 is 5.20. The minimum Gasteiger partial charge on any atom is -0.378 e. The van der Waals surface area contributed by atoms with Crippen LogP contribution in [0.2, 0.25) is 0 Å². The molecular weight excluding hydrogens is 202 g/mol. The highest BCUT2D eigenvalue weighted by Gasteiger charge is 2.13. The Kier molecular flexibility index (Phi) is 6.90. The molecule has 0 aromatic carbocycles. The molecule has 3 nitrogen and oxygen atoms in total. The zero-order valence-electron chi connectivity index (χ0n) is 10.3. The van der Waals surface area contributed by atoms with E-state index in [2.05, 4.69) is 6.92 Å². The van der Waals surface area contributed by atoms with Crippen molar-refractivity contribution in [1.29, 1.82) is 0 Å². The summed E-state index contributed by atoms with van der Waals surface area (Å²) in [5.41, 5.74) is 0. The first-order valence-corrected chi connectivity index (χ1v) is 6.37. The zero-order chi connectivity index (χ0) is 11.6. The number of rotatable bonds is 6. The molecule has 1 saturated heterocycles. The van der Waals surface area contributed by atoms with Crippen LogP contribution in [-0.2, 0) is 9.53 Å². The molecule has 1 fully saturated rings. The van der Waals surface area contributed by atoms with E-state index < -0.39 is 0 Å². The molecule has 0 N–H and O–H groups in total. The Labute approximate surface area is 98.5 Å². The van der Waals surface area contributed by atoms with Gasteiger partial charge in [-0.25, -0.2) is 0 Å². The van der Waals surface area contributed by atoms with Gasteiger partial charge in [0.1, 0.15) is 0 Å². The van der Waals surface area contributed by atoms with Gasteiger partial charge in [-0.3, -0.25) is 4.79 Å². The molecule has 3 heteroatoms. The summed E-state index contributed by atoms with van der Waals surface area (Å²) in [6.45, 7) is 5.03. The summed E-state index contributed by atoms with van der Waals surface area (Å²) in [5.74, 6) is 0.138. The van der Waals surface area contributed by atoms with Gasteiger partial charge in [0.05, 0.1) is 13.2 Å². The molecule has 0 unspecified atom stereocenters. The standard InChI is InChI=1S/C13H23NO2/c1-2-3-4-5-6-7-8-13(15)14-9-11-16-12-10-14/h7-8H,2-6,9-12H2,1H3/b8-7-. The van der Waals surface area contributed by atoms with E-state index in [4.69, 9.17) is 4.74 Å². The van der Waals surface area contributed by atoms with Gasteiger partial charge in [0.2, 0.25) is 5.91 Å². The highest BCUT2D eigenvalue weighted by molar-refractivity contribution is 5.87. The molecule has 1 rings (SSSR count). The van der Waals surface area contributed by atoms with Crippen molar-refractivity contribution in [2.75, 3.05) is 26.3 Å². The topological polar surface area (TPSA) is 29.5 Å². The van der Waals surface area contributed by atoms with Gasteiger partial charge in [0.15, 0.2) is 0 Å². The quantitative estimate of drug-likeness (QED) is 0.513. The van der Waals surface area contributed by atoms with Gasteiger partial charge in [-0.15, -0.1) is 0 Å². The number of unbranched alkanes of at least 4 members (excludes halogenated alkanes) is 4. The number of allylic oxidation sites excluding steroid dienone is 1. The van der Waals surface area contributed by atoms with E-state index in [0.717, 1.165) is 19.5 Å². The van der Waals surface area contributed by atoms with Gasteiger partial charge in [-0.05, 0) is 18.9 Å². The summed E-state index contributed by atoms with van der Waals surface area (Å²) in [5, 5.41) is 0. The average Bonchev–Trinajstić information content (AvgIpc) is 2.34.